The molecule has 3 aromatic heterocycles. The van der Waals surface area contributed by atoms with E-state index in [2.05, 4.69) is 30.0 Å². The highest BCUT2D eigenvalue weighted by atomic mass is 19.4. The van der Waals surface area contributed by atoms with Crippen LogP contribution in [0.3, 0.4) is 0 Å². The van der Waals surface area contributed by atoms with E-state index >= 15 is 0 Å². The van der Waals surface area contributed by atoms with Crippen molar-refractivity contribution in [2.24, 2.45) is 10.7 Å². The van der Waals surface area contributed by atoms with Gasteiger partial charge in [-0.05, 0) is 25.1 Å². The Morgan fingerprint density at radius 3 is 2.75 bits per heavy atom. The van der Waals surface area contributed by atoms with Gasteiger partial charge in [0.1, 0.15) is 11.6 Å². The smallest absolute Gasteiger partial charge is 0.425 e. The van der Waals surface area contributed by atoms with Crippen molar-refractivity contribution in [3.05, 3.63) is 53.9 Å². The Hall–Kier alpha value is -4.01. The molecule has 0 aromatic carbocycles. The fraction of sp³-hybridized carbons (Fsp3) is 0.250. The van der Waals surface area contributed by atoms with E-state index in [1.807, 2.05) is 6.07 Å². The van der Waals surface area contributed by atoms with Gasteiger partial charge in [-0.2, -0.15) is 22.8 Å². The van der Waals surface area contributed by atoms with Gasteiger partial charge in [0.05, 0.1) is 23.0 Å². The quantitative estimate of drug-likeness (QED) is 0.466. The van der Waals surface area contributed by atoms with Crippen LogP contribution in [0, 0.1) is 17.3 Å². The summed E-state index contributed by atoms with van der Waals surface area (Å²) in [7, 11) is 0. The summed E-state index contributed by atoms with van der Waals surface area (Å²) in [5.41, 5.74) is 4.66. The monoisotopic (exact) mass is 445 g/mol. The van der Waals surface area contributed by atoms with E-state index in [0.717, 1.165) is 0 Å². The van der Waals surface area contributed by atoms with E-state index in [1.54, 1.807) is 12.1 Å². The summed E-state index contributed by atoms with van der Waals surface area (Å²) < 4.78 is 59.0. The van der Waals surface area contributed by atoms with Crippen LogP contribution in [0.25, 0.3) is 10.9 Å². The van der Waals surface area contributed by atoms with Crippen LogP contribution in [-0.2, 0) is 10.3 Å². The average Bonchev–Trinajstić information content (AvgIpc) is 2.73. The lowest BCUT2D eigenvalue weighted by atomic mass is 9.86. The normalized spacial score (nSPS) is 20.9. The molecule has 0 unspecified atom stereocenters. The minimum absolute atomic E-state index is 0.192. The third-order valence-electron chi connectivity index (χ3n) is 4.98. The average molecular weight is 445 g/mol. The first-order valence-electron chi connectivity index (χ1n) is 9.26. The van der Waals surface area contributed by atoms with Crippen molar-refractivity contribution >= 4 is 28.4 Å². The topological polar surface area (TPSA) is 122 Å². The summed E-state index contributed by atoms with van der Waals surface area (Å²) >= 11 is 0. The zero-order valence-corrected chi connectivity index (χ0v) is 16.5. The van der Waals surface area contributed by atoms with Crippen LogP contribution < -0.4 is 11.1 Å². The number of ether oxygens (including phenoxy) is 1. The molecule has 4 heterocycles. The molecule has 0 saturated heterocycles. The van der Waals surface area contributed by atoms with Gasteiger partial charge in [-0.25, -0.2) is 15.0 Å². The van der Waals surface area contributed by atoms with Crippen LogP contribution >= 0.6 is 0 Å². The molecule has 1 aliphatic heterocycles. The van der Waals surface area contributed by atoms with Gasteiger partial charge in [-0.3, -0.25) is 4.98 Å². The molecule has 12 heteroatoms. The van der Waals surface area contributed by atoms with Gasteiger partial charge < -0.3 is 15.8 Å². The van der Waals surface area contributed by atoms with Crippen LogP contribution in [-0.4, -0.2) is 33.3 Å². The summed E-state index contributed by atoms with van der Waals surface area (Å²) in [6.45, 7) is 1.33. The predicted molar refractivity (Wildman–Crippen MR) is 106 cm³/mol. The van der Waals surface area contributed by atoms with Crippen molar-refractivity contribution in [2.45, 2.75) is 31.2 Å². The second-order valence-corrected chi connectivity index (χ2v) is 7.33. The summed E-state index contributed by atoms with van der Waals surface area (Å²) in [6.07, 6.45) is -3.59. The maximum atomic E-state index is 14.6. The molecule has 3 N–H and O–H groups in total. The van der Waals surface area contributed by atoms with Gasteiger partial charge in [0, 0.05) is 29.8 Å². The summed E-state index contributed by atoms with van der Waals surface area (Å²) in [5.74, 6) is -0.695. The zero-order chi connectivity index (χ0) is 23.1. The Morgan fingerprint density at radius 2 is 2.03 bits per heavy atom. The van der Waals surface area contributed by atoms with Crippen LogP contribution in [0.1, 0.15) is 24.5 Å². The lowest BCUT2D eigenvalue weighted by Gasteiger charge is -2.35. The Bertz CT molecular complexity index is 1270. The molecule has 164 valence electrons. The standard InChI is InChI=1S/C20H15F4N7O/c1-19(6-14(20(22,23)24)32-18(26)31-19)13-5-12(9-29-16(13)21)30-17-15-11(2-3-27-17)4-10(7-25)8-28-15/h2-5,8-9,14H,6H2,1H3,(H2,26,31)(H,27,30)/t14-,19+/m0/s1. The van der Waals surface area contributed by atoms with Gasteiger partial charge in [-0.1, -0.05) is 0 Å². The first-order valence-corrected chi connectivity index (χ1v) is 9.26. The van der Waals surface area contributed by atoms with Crippen molar-refractivity contribution in [1.29, 1.82) is 5.26 Å². The van der Waals surface area contributed by atoms with Crippen molar-refractivity contribution in [1.82, 2.24) is 15.0 Å². The van der Waals surface area contributed by atoms with Crippen LogP contribution in [0.2, 0.25) is 0 Å². The highest BCUT2D eigenvalue weighted by Gasteiger charge is 2.50. The number of pyridine rings is 3. The molecule has 0 saturated carbocycles. The molecule has 0 radical (unpaired) electrons. The number of fused-ring (bicyclic) bond motifs is 1. The summed E-state index contributed by atoms with van der Waals surface area (Å²) in [6, 6.07) is 5.89. The van der Waals surface area contributed by atoms with Crippen molar-refractivity contribution < 1.29 is 22.3 Å². The second kappa shape index (κ2) is 7.60. The van der Waals surface area contributed by atoms with Gasteiger partial charge >= 0.3 is 6.18 Å². The number of nitriles is 1. The van der Waals surface area contributed by atoms with E-state index in [-0.39, 0.29) is 11.3 Å². The Labute approximate surface area is 178 Å². The molecule has 2 atom stereocenters. The minimum Gasteiger partial charge on any atom is -0.452 e. The minimum atomic E-state index is -4.71. The maximum Gasteiger partial charge on any atom is 0.425 e. The molecule has 0 aliphatic carbocycles. The molecule has 4 rings (SSSR count). The predicted octanol–water partition coefficient (Wildman–Crippen LogP) is 3.66. The van der Waals surface area contributed by atoms with Crippen LogP contribution in [0.15, 0.2) is 41.8 Å². The number of aliphatic imine (C=N–C) groups is 1. The highest BCUT2D eigenvalue weighted by Crippen LogP contribution is 2.41. The zero-order valence-electron chi connectivity index (χ0n) is 16.5. The number of aromatic nitrogens is 3. The number of amidine groups is 1. The van der Waals surface area contributed by atoms with E-state index in [4.69, 9.17) is 11.0 Å². The van der Waals surface area contributed by atoms with Crippen LogP contribution in [0.4, 0.5) is 29.1 Å². The third kappa shape index (κ3) is 3.96. The fourth-order valence-electron chi connectivity index (χ4n) is 3.46. The largest absolute Gasteiger partial charge is 0.452 e. The highest BCUT2D eigenvalue weighted by molar-refractivity contribution is 5.90. The number of nitrogens with one attached hydrogen (secondary N) is 1. The second-order valence-electron chi connectivity index (χ2n) is 7.33. The molecular formula is C20H15F4N7O. The fourth-order valence-corrected chi connectivity index (χ4v) is 3.46. The molecule has 0 bridgehead atoms. The molecule has 3 aromatic rings. The lowest BCUT2D eigenvalue weighted by molar-refractivity contribution is -0.208. The molecule has 1 aliphatic rings. The van der Waals surface area contributed by atoms with E-state index < -0.39 is 36.2 Å². The molecule has 32 heavy (non-hydrogen) atoms. The number of hydrogen-bond donors (Lipinski definition) is 2. The number of halogens is 4. The number of rotatable bonds is 3. The first kappa shape index (κ1) is 21.2. The van der Waals surface area contributed by atoms with E-state index in [1.165, 1.54) is 31.6 Å². The van der Waals surface area contributed by atoms with Gasteiger partial charge in [0.25, 0.3) is 6.02 Å². The number of alkyl halides is 3. The third-order valence-corrected chi connectivity index (χ3v) is 4.98. The van der Waals surface area contributed by atoms with Gasteiger partial charge in [0.2, 0.25) is 5.95 Å². The van der Waals surface area contributed by atoms with Crippen molar-refractivity contribution in [3.63, 3.8) is 0 Å². The number of nitrogens with two attached hydrogens (primary N) is 1. The Balaban J connectivity index is 1.72. The summed E-state index contributed by atoms with van der Waals surface area (Å²) in [5, 5.41) is 12.6. The molecule has 8 nitrogen and oxygen atoms in total. The van der Waals surface area contributed by atoms with Crippen molar-refractivity contribution in [3.8, 4) is 6.07 Å². The number of hydrogen-bond acceptors (Lipinski definition) is 8. The van der Waals surface area contributed by atoms with Crippen molar-refractivity contribution in [2.75, 3.05) is 5.32 Å². The van der Waals surface area contributed by atoms with Crippen LogP contribution in [0.5, 0.6) is 0 Å². The van der Waals surface area contributed by atoms with E-state index in [9.17, 15) is 17.6 Å². The SMILES string of the molecule is C[C@]1(c2cc(Nc3nccc4cc(C#N)cnc34)cnc2F)C[C@@H](C(F)(F)F)OC(N)=N1. The molecular weight excluding hydrogens is 430 g/mol. The van der Waals surface area contributed by atoms with E-state index in [0.29, 0.717) is 22.3 Å². The molecule has 0 spiro atoms. The number of nitrogens with zero attached hydrogens (tertiary/aromatic N) is 5. The molecule has 0 amide bonds. The van der Waals surface area contributed by atoms with Gasteiger partial charge in [0.15, 0.2) is 11.9 Å². The summed E-state index contributed by atoms with van der Waals surface area (Å²) in [4.78, 5) is 16.0. The first-order chi connectivity index (χ1) is 15.1. The van der Waals surface area contributed by atoms with Gasteiger partial charge in [-0.15, -0.1) is 0 Å². The molecule has 0 fully saturated rings. The maximum absolute atomic E-state index is 14.6. The Morgan fingerprint density at radius 1 is 1.25 bits per heavy atom. The Kier molecular flexibility index (Phi) is 5.04. The lowest BCUT2D eigenvalue weighted by Crippen LogP contribution is -2.46. The number of anilines is 2.